The molecular formula is C24H29NO6. The number of esters is 2. The third-order valence-corrected chi connectivity index (χ3v) is 4.86. The molecule has 31 heavy (non-hydrogen) atoms. The molecule has 0 saturated carbocycles. The summed E-state index contributed by atoms with van der Waals surface area (Å²) in [5, 5.41) is 0. The van der Waals surface area contributed by atoms with Gasteiger partial charge in [-0.25, -0.2) is 0 Å². The quantitative estimate of drug-likeness (QED) is 0.571. The smallest absolute Gasteiger partial charge is 0.309 e. The van der Waals surface area contributed by atoms with Crippen molar-refractivity contribution in [3.05, 3.63) is 53.1 Å². The van der Waals surface area contributed by atoms with Crippen LogP contribution in [0.25, 0.3) is 11.1 Å². The van der Waals surface area contributed by atoms with Crippen molar-refractivity contribution in [1.82, 2.24) is 4.90 Å². The van der Waals surface area contributed by atoms with E-state index < -0.39 is 0 Å². The van der Waals surface area contributed by atoms with Crippen molar-refractivity contribution in [1.29, 1.82) is 0 Å². The van der Waals surface area contributed by atoms with Gasteiger partial charge in [0.2, 0.25) is 5.91 Å². The zero-order valence-electron chi connectivity index (χ0n) is 18.7. The summed E-state index contributed by atoms with van der Waals surface area (Å²) in [7, 11) is 2.95. The van der Waals surface area contributed by atoms with E-state index in [2.05, 4.69) is 0 Å². The minimum absolute atomic E-state index is 0.119. The Morgan fingerprint density at radius 2 is 1.71 bits per heavy atom. The van der Waals surface area contributed by atoms with E-state index in [1.807, 2.05) is 43.3 Å². The topological polar surface area (TPSA) is 82.1 Å². The number of rotatable bonds is 9. The molecule has 0 saturated heterocycles. The standard InChI is InChI=1S/C24H29NO6/c1-16-6-8-21(20(12-16)15-25(17(2)26)10-11-31-18(3)27)22-13-19(14-24(28)30-5)7-9-23(22)29-4/h6-9,12-13H,10-11,14-15H2,1-5H3. The molecule has 1 amide bonds. The van der Waals surface area contributed by atoms with E-state index in [4.69, 9.17) is 14.2 Å². The van der Waals surface area contributed by atoms with E-state index >= 15 is 0 Å². The number of hydrogen-bond acceptors (Lipinski definition) is 6. The summed E-state index contributed by atoms with van der Waals surface area (Å²) in [6, 6.07) is 11.5. The maximum Gasteiger partial charge on any atom is 0.309 e. The SMILES string of the molecule is COC(=O)Cc1ccc(OC)c(-c2ccc(C)cc2CN(CCOC(C)=O)C(C)=O)c1. The molecule has 166 valence electrons. The second kappa shape index (κ2) is 11.2. The molecule has 0 aliphatic heterocycles. The lowest BCUT2D eigenvalue weighted by molar-refractivity contribution is -0.143. The van der Waals surface area contributed by atoms with Gasteiger partial charge in [0.05, 0.1) is 27.2 Å². The number of aryl methyl sites for hydroxylation is 1. The van der Waals surface area contributed by atoms with Crippen LogP contribution in [0.1, 0.15) is 30.5 Å². The first kappa shape index (κ1) is 23.9. The molecule has 0 heterocycles. The molecule has 0 aliphatic rings. The van der Waals surface area contributed by atoms with E-state index in [-0.39, 0.29) is 30.9 Å². The molecule has 0 aliphatic carbocycles. The number of amides is 1. The highest BCUT2D eigenvalue weighted by atomic mass is 16.5. The van der Waals surface area contributed by atoms with Gasteiger partial charge in [-0.05, 0) is 35.7 Å². The largest absolute Gasteiger partial charge is 0.496 e. The number of hydrogen-bond donors (Lipinski definition) is 0. The van der Waals surface area contributed by atoms with Gasteiger partial charge in [-0.15, -0.1) is 0 Å². The molecule has 0 spiro atoms. The van der Waals surface area contributed by atoms with Crippen LogP contribution in [0.4, 0.5) is 0 Å². The van der Waals surface area contributed by atoms with Crippen LogP contribution in [-0.2, 0) is 36.8 Å². The van der Waals surface area contributed by atoms with Gasteiger partial charge in [0.15, 0.2) is 0 Å². The minimum atomic E-state index is -0.382. The maximum absolute atomic E-state index is 12.2. The Hall–Kier alpha value is -3.35. The number of ether oxygens (including phenoxy) is 3. The van der Waals surface area contributed by atoms with Crippen LogP contribution in [-0.4, -0.2) is 50.1 Å². The lowest BCUT2D eigenvalue weighted by Gasteiger charge is -2.23. The Labute approximate surface area is 182 Å². The number of carbonyl (C=O) groups excluding carboxylic acids is 3. The van der Waals surface area contributed by atoms with Gasteiger partial charge in [-0.2, -0.15) is 0 Å². The lowest BCUT2D eigenvalue weighted by Crippen LogP contribution is -2.32. The van der Waals surface area contributed by atoms with Crippen molar-refractivity contribution in [2.45, 2.75) is 33.7 Å². The average molecular weight is 427 g/mol. The summed E-state index contributed by atoms with van der Waals surface area (Å²) in [4.78, 5) is 36.6. The molecule has 0 atom stereocenters. The highest BCUT2D eigenvalue weighted by Crippen LogP contribution is 2.34. The molecule has 0 bridgehead atoms. The van der Waals surface area contributed by atoms with Crippen molar-refractivity contribution >= 4 is 17.8 Å². The third kappa shape index (κ3) is 6.84. The van der Waals surface area contributed by atoms with Crippen LogP contribution < -0.4 is 4.74 Å². The predicted octanol–water partition coefficient (Wildman–Crippen LogP) is 3.30. The Morgan fingerprint density at radius 3 is 2.32 bits per heavy atom. The van der Waals surface area contributed by atoms with E-state index in [0.29, 0.717) is 18.8 Å². The van der Waals surface area contributed by atoms with E-state index in [1.54, 1.807) is 12.0 Å². The average Bonchev–Trinajstić information content (AvgIpc) is 2.72. The molecule has 2 aromatic carbocycles. The van der Waals surface area contributed by atoms with Crippen LogP contribution in [0.2, 0.25) is 0 Å². The molecule has 0 fully saturated rings. The summed E-state index contributed by atoms with van der Waals surface area (Å²) < 4.78 is 15.3. The van der Waals surface area contributed by atoms with E-state index in [9.17, 15) is 14.4 Å². The van der Waals surface area contributed by atoms with Crippen LogP contribution in [0, 0.1) is 6.92 Å². The highest BCUT2D eigenvalue weighted by molar-refractivity contribution is 5.78. The fraction of sp³-hybridized carbons (Fsp3) is 0.375. The molecule has 0 N–H and O–H groups in total. The van der Waals surface area contributed by atoms with Crippen molar-refractivity contribution in [3.63, 3.8) is 0 Å². The fourth-order valence-electron chi connectivity index (χ4n) is 3.28. The molecule has 7 heteroatoms. The highest BCUT2D eigenvalue weighted by Gasteiger charge is 2.17. The van der Waals surface area contributed by atoms with Gasteiger partial charge in [-0.1, -0.05) is 29.8 Å². The fourth-order valence-corrected chi connectivity index (χ4v) is 3.28. The first-order valence-corrected chi connectivity index (χ1v) is 9.97. The summed E-state index contributed by atoms with van der Waals surface area (Å²) in [5.41, 5.74) is 4.49. The van der Waals surface area contributed by atoms with Crippen LogP contribution in [0.15, 0.2) is 36.4 Å². The Morgan fingerprint density at radius 1 is 0.968 bits per heavy atom. The minimum Gasteiger partial charge on any atom is -0.496 e. The molecule has 7 nitrogen and oxygen atoms in total. The second-order valence-corrected chi connectivity index (χ2v) is 7.23. The predicted molar refractivity (Wildman–Crippen MR) is 117 cm³/mol. The number of benzene rings is 2. The van der Waals surface area contributed by atoms with Crippen LogP contribution in [0.3, 0.4) is 0 Å². The zero-order chi connectivity index (χ0) is 23.0. The third-order valence-electron chi connectivity index (χ3n) is 4.86. The zero-order valence-corrected chi connectivity index (χ0v) is 18.7. The van der Waals surface area contributed by atoms with Gasteiger partial charge < -0.3 is 19.1 Å². The van der Waals surface area contributed by atoms with E-state index in [0.717, 1.165) is 27.8 Å². The normalized spacial score (nSPS) is 10.4. The van der Waals surface area contributed by atoms with Crippen molar-refractivity contribution < 1.29 is 28.6 Å². The monoisotopic (exact) mass is 427 g/mol. The van der Waals surface area contributed by atoms with Crippen molar-refractivity contribution in [3.8, 4) is 16.9 Å². The van der Waals surface area contributed by atoms with Gasteiger partial charge >= 0.3 is 11.9 Å². The molecular weight excluding hydrogens is 398 g/mol. The number of carbonyl (C=O) groups is 3. The maximum atomic E-state index is 12.2. The van der Waals surface area contributed by atoms with Gasteiger partial charge in [0, 0.05) is 26.0 Å². The lowest BCUT2D eigenvalue weighted by atomic mass is 9.94. The van der Waals surface area contributed by atoms with E-state index in [1.165, 1.54) is 21.0 Å². The van der Waals surface area contributed by atoms with Gasteiger partial charge in [-0.3, -0.25) is 14.4 Å². The van der Waals surface area contributed by atoms with Crippen LogP contribution in [0.5, 0.6) is 5.75 Å². The first-order valence-electron chi connectivity index (χ1n) is 9.97. The summed E-state index contributed by atoms with van der Waals surface area (Å²) >= 11 is 0. The summed E-state index contributed by atoms with van der Waals surface area (Å²) in [6.45, 7) is 5.58. The molecule has 2 aromatic rings. The molecule has 2 rings (SSSR count). The first-order chi connectivity index (χ1) is 14.7. The molecule has 0 aromatic heterocycles. The molecule has 0 radical (unpaired) electrons. The van der Waals surface area contributed by atoms with Gasteiger partial charge in [0.1, 0.15) is 12.4 Å². The molecule has 0 unspecified atom stereocenters. The number of nitrogens with zero attached hydrogens (tertiary/aromatic N) is 1. The second-order valence-electron chi connectivity index (χ2n) is 7.23. The van der Waals surface area contributed by atoms with Crippen LogP contribution >= 0.6 is 0 Å². The Balaban J connectivity index is 2.44. The van der Waals surface area contributed by atoms with Crippen molar-refractivity contribution in [2.75, 3.05) is 27.4 Å². The Kier molecular flexibility index (Phi) is 8.61. The van der Waals surface area contributed by atoms with Crippen molar-refractivity contribution in [2.24, 2.45) is 0 Å². The number of methoxy groups -OCH3 is 2. The summed E-state index contributed by atoms with van der Waals surface area (Å²) in [5.74, 6) is -0.167. The summed E-state index contributed by atoms with van der Waals surface area (Å²) in [6.07, 6.45) is 0.149. The Bertz CT molecular complexity index is 953. The van der Waals surface area contributed by atoms with Gasteiger partial charge in [0.25, 0.3) is 0 Å².